The third-order valence-electron chi connectivity index (χ3n) is 2.59. The van der Waals surface area contributed by atoms with Gasteiger partial charge < -0.3 is 15.5 Å². The van der Waals surface area contributed by atoms with Crippen LogP contribution < -0.4 is 10.6 Å². The van der Waals surface area contributed by atoms with Gasteiger partial charge >= 0.3 is 0 Å². The maximum Gasteiger partial charge on any atom is 0.236 e. The first kappa shape index (κ1) is 16.4. The molecular weight excluding hydrogens is 214 g/mol. The largest absolute Gasteiger partial charge is 0.355 e. The monoisotopic (exact) mass is 243 g/mol. The number of amides is 1. The summed E-state index contributed by atoms with van der Waals surface area (Å²) in [6, 6.07) is 0.188. The van der Waals surface area contributed by atoms with Crippen LogP contribution in [0.4, 0.5) is 0 Å². The van der Waals surface area contributed by atoms with Crippen LogP contribution in [-0.2, 0) is 4.79 Å². The summed E-state index contributed by atoms with van der Waals surface area (Å²) in [6.07, 6.45) is 1.03. The van der Waals surface area contributed by atoms with Gasteiger partial charge in [-0.15, -0.1) is 0 Å². The van der Waals surface area contributed by atoms with E-state index in [1.807, 2.05) is 21.0 Å². The predicted molar refractivity (Wildman–Crippen MR) is 73.1 cm³/mol. The average Bonchev–Trinajstić information content (AvgIpc) is 2.15. The summed E-state index contributed by atoms with van der Waals surface area (Å²) >= 11 is 0. The molecule has 0 fully saturated rings. The Morgan fingerprint density at radius 1 is 1.18 bits per heavy atom. The van der Waals surface area contributed by atoms with Gasteiger partial charge in [0.25, 0.3) is 0 Å². The summed E-state index contributed by atoms with van der Waals surface area (Å²) in [5.74, 6) is 0.725. The van der Waals surface area contributed by atoms with Crippen molar-refractivity contribution in [2.45, 2.75) is 46.2 Å². The van der Waals surface area contributed by atoms with Crippen molar-refractivity contribution in [3.8, 4) is 0 Å². The molecule has 4 nitrogen and oxygen atoms in total. The van der Waals surface area contributed by atoms with Crippen molar-refractivity contribution in [2.24, 2.45) is 5.92 Å². The van der Waals surface area contributed by atoms with Crippen molar-refractivity contribution in [1.29, 1.82) is 0 Å². The van der Waals surface area contributed by atoms with Crippen LogP contribution in [0, 0.1) is 5.92 Å². The molecule has 2 unspecified atom stereocenters. The van der Waals surface area contributed by atoms with Gasteiger partial charge in [-0.05, 0) is 40.3 Å². The number of likely N-dealkylation sites (N-methyl/N-ethyl adjacent to an activating group) is 1. The second-order valence-corrected chi connectivity index (χ2v) is 5.53. The van der Waals surface area contributed by atoms with Crippen LogP contribution in [0.2, 0.25) is 0 Å². The van der Waals surface area contributed by atoms with Gasteiger partial charge in [0.1, 0.15) is 0 Å². The first-order chi connectivity index (χ1) is 7.82. The number of hydrogen-bond acceptors (Lipinski definition) is 3. The van der Waals surface area contributed by atoms with Gasteiger partial charge in [-0.1, -0.05) is 13.8 Å². The van der Waals surface area contributed by atoms with Crippen molar-refractivity contribution >= 4 is 5.91 Å². The third-order valence-corrected chi connectivity index (χ3v) is 2.59. The van der Waals surface area contributed by atoms with E-state index in [0.29, 0.717) is 12.0 Å². The fourth-order valence-corrected chi connectivity index (χ4v) is 1.74. The Morgan fingerprint density at radius 3 is 2.24 bits per heavy atom. The Hall–Kier alpha value is -0.610. The summed E-state index contributed by atoms with van der Waals surface area (Å²) in [5, 5.41) is 6.25. The minimum Gasteiger partial charge on any atom is -0.355 e. The van der Waals surface area contributed by atoms with E-state index in [1.54, 1.807) is 0 Å². The second-order valence-electron chi connectivity index (χ2n) is 5.53. The summed E-state index contributed by atoms with van der Waals surface area (Å²) in [5.41, 5.74) is 0. The highest BCUT2D eigenvalue weighted by atomic mass is 16.2. The first-order valence-corrected chi connectivity index (χ1v) is 6.51. The minimum absolute atomic E-state index is 0.0938. The standard InChI is InChI=1S/C13H29N3O/c1-10(2)7-8-14-13(17)12(4)15-11(3)9-16(5)6/h10-12,15H,7-9H2,1-6H3,(H,14,17). The number of hydrogen-bond donors (Lipinski definition) is 2. The molecule has 0 rings (SSSR count). The van der Waals surface area contributed by atoms with E-state index in [-0.39, 0.29) is 11.9 Å². The van der Waals surface area contributed by atoms with Crippen LogP contribution in [-0.4, -0.2) is 50.1 Å². The number of carbonyl (C=O) groups is 1. The SMILES string of the molecule is CC(C)CCNC(=O)C(C)NC(C)CN(C)C. The Morgan fingerprint density at radius 2 is 1.76 bits per heavy atom. The fourth-order valence-electron chi connectivity index (χ4n) is 1.74. The Labute approximate surface area is 106 Å². The molecule has 0 aliphatic carbocycles. The molecule has 2 N–H and O–H groups in total. The van der Waals surface area contributed by atoms with E-state index in [1.165, 1.54) is 0 Å². The Bertz CT molecular complexity index is 217. The van der Waals surface area contributed by atoms with Crippen LogP contribution in [0.5, 0.6) is 0 Å². The predicted octanol–water partition coefficient (Wildman–Crippen LogP) is 1.08. The summed E-state index contributed by atoms with van der Waals surface area (Å²) < 4.78 is 0. The summed E-state index contributed by atoms with van der Waals surface area (Å²) in [4.78, 5) is 13.9. The highest BCUT2D eigenvalue weighted by Crippen LogP contribution is 1.97. The van der Waals surface area contributed by atoms with Gasteiger partial charge in [0.15, 0.2) is 0 Å². The van der Waals surface area contributed by atoms with E-state index in [9.17, 15) is 4.79 Å². The van der Waals surface area contributed by atoms with Crippen molar-refractivity contribution in [3.05, 3.63) is 0 Å². The smallest absolute Gasteiger partial charge is 0.236 e. The molecule has 17 heavy (non-hydrogen) atoms. The molecule has 0 aliphatic rings. The maximum absolute atomic E-state index is 11.8. The topological polar surface area (TPSA) is 44.4 Å². The molecule has 0 aromatic carbocycles. The number of carbonyl (C=O) groups excluding carboxylic acids is 1. The zero-order valence-corrected chi connectivity index (χ0v) is 12.2. The van der Waals surface area contributed by atoms with E-state index in [2.05, 4.69) is 36.3 Å². The number of nitrogens with zero attached hydrogens (tertiary/aromatic N) is 1. The molecule has 102 valence electrons. The van der Waals surface area contributed by atoms with Crippen LogP contribution in [0.15, 0.2) is 0 Å². The molecule has 0 saturated carbocycles. The zero-order chi connectivity index (χ0) is 13.4. The van der Waals surface area contributed by atoms with E-state index in [0.717, 1.165) is 19.5 Å². The quantitative estimate of drug-likeness (QED) is 0.670. The second kappa shape index (κ2) is 8.48. The maximum atomic E-state index is 11.8. The first-order valence-electron chi connectivity index (χ1n) is 6.51. The molecule has 0 aliphatic heterocycles. The van der Waals surface area contributed by atoms with Crippen LogP contribution in [0.3, 0.4) is 0 Å². The lowest BCUT2D eigenvalue weighted by atomic mass is 10.1. The van der Waals surface area contributed by atoms with E-state index in [4.69, 9.17) is 0 Å². The van der Waals surface area contributed by atoms with E-state index < -0.39 is 0 Å². The van der Waals surface area contributed by atoms with Crippen LogP contribution in [0.25, 0.3) is 0 Å². The van der Waals surface area contributed by atoms with Crippen molar-refractivity contribution < 1.29 is 4.79 Å². The Kier molecular flexibility index (Phi) is 8.17. The lowest BCUT2D eigenvalue weighted by Gasteiger charge is -2.22. The third kappa shape index (κ3) is 9.12. The normalized spacial score (nSPS) is 15.1. The van der Waals surface area contributed by atoms with Crippen molar-refractivity contribution in [1.82, 2.24) is 15.5 Å². The molecule has 4 heteroatoms. The molecule has 0 radical (unpaired) electrons. The molecule has 0 heterocycles. The Balaban J connectivity index is 3.80. The van der Waals surface area contributed by atoms with Gasteiger partial charge in [0.05, 0.1) is 6.04 Å². The molecule has 0 aromatic heterocycles. The van der Waals surface area contributed by atoms with Gasteiger partial charge in [-0.25, -0.2) is 0 Å². The average molecular weight is 243 g/mol. The van der Waals surface area contributed by atoms with Gasteiger partial charge in [0, 0.05) is 19.1 Å². The minimum atomic E-state index is -0.128. The van der Waals surface area contributed by atoms with Gasteiger partial charge in [-0.2, -0.15) is 0 Å². The molecule has 0 spiro atoms. The highest BCUT2D eigenvalue weighted by Gasteiger charge is 2.14. The van der Waals surface area contributed by atoms with Crippen molar-refractivity contribution in [2.75, 3.05) is 27.2 Å². The molecule has 1 amide bonds. The van der Waals surface area contributed by atoms with E-state index >= 15 is 0 Å². The molecular formula is C13H29N3O. The van der Waals surface area contributed by atoms with Gasteiger partial charge in [-0.3, -0.25) is 4.79 Å². The van der Waals surface area contributed by atoms with Crippen LogP contribution in [0.1, 0.15) is 34.1 Å². The van der Waals surface area contributed by atoms with Crippen molar-refractivity contribution in [3.63, 3.8) is 0 Å². The van der Waals surface area contributed by atoms with Crippen LogP contribution >= 0.6 is 0 Å². The zero-order valence-electron chi connectivity index (χ0n) is 12.2. The molecule has 0 aromatic rings. The number of rotatable bonds is 8. The fraction of sp³-hybridized carbons (Fsp3) is 0.923. The molecule has 0 saturated heterocycles. The van der Waals surface area contributed by atoms with Gasteiger partial charge in [0.2, 0.25) is 5.91 Å². The molecule has 2 atom stereocenters. The highest BCUT2D eigenvalue weighted by molar-refractivity contribution is 5.81. The lowest BCUT2D eigenvalue weighted by Crippen LogP contribution is -2.48. The molecule has 0 bridgehead atoms. The summed E-state index contributed by atoms with van der Waals surface area (Å²) in [6.45, 7) is 10.0. The summed E-state index contributed by atoms with van der Waals surface area (Å²) in [7, 11) is 4.07. The number of nitrogens with one attached hydrogen (secondary N) is 2. The lowest BCUT2D eigenvalue weighted by molar-refractivity contribution is -0.123.